The van der Waals surface area contributed by atoms with E-state index in [9.17, 15) is 9.59 Å². The number of carbonyl (C=O) groups is 2. The molecule has 2 N–H and O–H groups in total. The third-order valence-electron chi connectivity index (χ3n) is 4.02. The van der Waals surface area contributed by atoms with Gasteiger partial charge in [0.1, 0.15) is 0 Å². The van der Waals surface area contributed by atoms with Gasteiger partial charge in [-0.3, -0.25) is 4.79 Å². The number of amides is 2. The fraction of sp³-hybridized carbons (Fsp3) is 0.600. The van der Waals surface area contributed by atoms with Gasteiger partial charge >= 0.3 is 12.0 Å². The molecule has 2 amide bonds. The van der Waals surface area contributed by atoms with Gasteiger partial charge in [0, 0.05) is 18.0 Å². The third kappa shape index (κ3) is 3.56. The molecule has 116 valence electrons. The molecular formula is C15H22N2O3S. The summed E-state index contributed by atoms with van der Waals surface area (Å²) in [5.74, 6) is -1.35. The van der Waals surface area contributed by atoms with Crippen LogP contribution in [0.3, 0.4) is 0 Å². The van der Waals surface area contributed by atoms with Crippen LogP contribution in [0.15, 0.2) is 11.4 Å². The number of nitrogens with one attached hydrogen (secondary N) is 1. The Labute approximate surface area is 129 Å². The van der Waals surface area contributed by atoms with Gasteiger partial charge in [-0.2, -0.15) is 0 Å². The number of urea groups is 1. The van der Waals surface area contributed by atoms with E-state index in [0.29, 0.717) is 13.0 Å². The Kier molecular flexibility index (Phi) is 5.22. The highest BCUT2D eigenvalue weighted by molar-refractivity contribution is 7.10. The van der Waals surface area contributed by atoms with Crippen LogP contribution in [0.2, 0.25) is 0 Å². The maximum absolute atomic E-state index is 12.3. The average Bonchev–Trinajstić information content (AvgIpc) is 2.92. The number of thiophene rings is 1. The molecule has 6 heteroatoms. The first-order valence-corrected chi connectivity index (χ1v) is 8.26. The lowest BCUT2D eigenvalue weighted by Crippen LogP contribution is -2.46. The molecule has 2 unspecified atom stereocenters. The van der Waals surface area contributed by atoms with Crippen molar-refractivity contribution in [2.75, 3.05) is 13.1 Å². The molecule has 0 fully saturated rings. The fourth-order valence-electron chi connectivity index (χ4n) is 2.76. The predicted octanol–water partition coefficient (Wildman–Crippen LogP) is 2.88. The number of fused-ring (bicyclic) bond motifs is 1. The molecule has 0 saturated carbocycles. The second-order valence-electron chi connectivity index (χ2n) is 5.43. The summed E-state index contributed by atoms with van der Waals surface area (Å²) in [7, 11) is 0. The van der Waals surface area contributed by atoms with E-state index in [-0.39, 0.29) is 18.6 Å². The van der Waals surface area contributed by atoms with Crippen molar-refractivity contribution in [3.8, 4) is 0 Å². The number of hydrogen-bond acceptors (Lipinski definition) is 3. The Morgan fingerprint density at radius 1 is 1.57 bits per heavy atom. The van der Waals surface area contributed by atoms with Crippen LogP contribution in [-0.2, 0) is 11.2 Å². The van der Waals surface area contributed by atoms with Crippen LogP contribution in [0.1, 0.15) is 43.2 Å². The largest absolute Gasteiger partial charge is 0.481 e. The summed E-state index contributed by atoms with van der Waals surface area (Å²) in [5, 5.41) is 14.0. The summed E-state index contributed by atoms with van der Waals surface area (Å²) >= 11 is 1.74. The summed E-state index contributed by atoms with van der Waals surface area (Å²) in [6.07, 6.45) is 2.26. The molecule has 1 aliphatic heterocycles. The summed E-state index contributed by atoms with van der Waals surface area (Å²) in [5.41, 5.74) is 1.21. The van der Waals surface area contributed by atoms with Gasteiger partial charge in [0.2, 0.25) is 0 Å². The van der Waals surface area contributed by atoms with Gasteiger partial charge in [-0.25, -0.2) is 4.79 Å². The molecular weight excluding hydrogens is 288 g/mol. The standard InChI is InChI=1S/C15H22N2O3S/c1-3-4-11(14(18)19)9-16-15(20)17-7-5-13-12(10(17)2)6-8-21-13/h6,8,10-11H,3-5,7,9H2,1-2H3,(H,16,20)(H,18,19). The fourth-order valence-corrected chi connectivity index (χ4v) is 3.72. The third-order valence-corrected chi connectivity index (χ3v) is 5.02. The molecule has 21 heavy (non-hydrogen) atoms. The maximum atomic E-state index is 12.3. The highest BCUT2D eigenvalue weighted by atomic mass is 32.1. The molecule has 1 aromatic rings. The molecule has 0 radical (unpaired) electrons. The van der Waals surface area contributed by atoms with Crippen LogP contribution < -0.4 is 5.32 Å². The minimum absolute atomic E-state index is 0.0504. The summed E-state index contributed by atoms with van der Waals surface area (Å²) in [4.78, 5) is 26.5. The SMILES string of the molecule is CCCC(CNC(=O)N1CCc2sccc2C1C)C(=O)O. The Bertz CT molecular complexity index is 515. The number of hydrogen-bond donors (Lipinski definition) is 2. The van der Waals surface area contributed by atoms with Crippen molar-refractivity contribution < 1.29 is 14.7 Å². The molecule has 0 spiro atoms. The highest BCUT2D eigenvalue weighted by Crippen LogP contribution is 2.32. The first kappa shape index (κ1) is 15.8. The average molecular weight is 310 g/mol. The van der Waals surface area contributed by atoms with Crippen LogP contribution in [0.5, 0.6) is 0 Å². The summed E-state index contributed by atoms with van der Waals surface area (Å²) < 4.78 is 0. The lowest BCUT2D eigenvalue weighted by molar-refractivity contribution is -0.141. The molecule has 1 aromatic heterocycles. The minimum atomic E-state index is -0.844. The first-order chi connectivity index (χ1) is 10.0. The Hall–Kier alpha value is -1.56. The van der Waals surface area contributed by atoms with Crippen LogP contribution in [0.25, 0.3) is 0 Å². The van der Waals surface area contributed by atoms with Crippen molar-refractivity contribution in [3.63, 3.8) is 0 Å². The van der Waals surface area contributed by atoms with Gasteiger partial charge in [-0.1, -0.05) is 13.3 Å². The van der Waals surface area contributed by atoms with Crippen LogP contribution in [0, 0.1) is 5.92 Å². The molecule has 2 atom stereocenters. The number of carbonyl (C=O) groups excluding carboxylic acids is 1. The van der Waals surface area contributed by atoms with Crippen molar-refractivity contribution >= 4 is 23.3 Å². The van der Waals surface area contributed by atoms with E-state index in [1.807, 2.05) is 13.8 Å². The normalized spacial score (nSPS) is 19.0. The van der Waals surface area contributed by atoms with Gasteiger partial charge in [-0.05, 0) is 36.8 Å². The van der Waals surface area contributed by atoms with Crippen LogP contribution in [-0.4, -0.2) is 35.1 Å². The number of carboxylic acid groups (broad SMARTS) is 1. The Morgan fingerprint density at radius 3 is 3.00 bits per heavy atom. The van der Waals surface area contributed by atoms with E-state index in [4.69, 9.17) is 5.11 Å². The first-order valence-electron chi connectivity index (χ1n) is 7.38. The zero-order valence-corrected chi connectivity index (χ0v) is 13.3. The highest BCUT2D eigenvalue weighted by Gasteiger charge is 2.29. The topological polar surface area (TPSA) is 69.6 Å². The number of nitrogens with zero attached hydrogens (tertiary/aromatic N) is 1. The molecule has 0 bridgehead atoms. The number of rotatable bonds is 5. The maximum Gasteiger partial charge on any atom is 0.317 e. The van der Waals surface area contributed by atoms with Gasteiger partial charge in [0.05, 0.1) is 12.0 Å². The van der Waals surface area contributed by atoms with Gasteiger partial charge < -0.3 is 15.3 Å². The van der Waals surface area contributed by atoms with E-state index in [1.165, 1.54) is 10.4 Å². The van der Waals surface area contributed by atoms with E-state index < -0.39 is 11.9 Å². The molecule has 0 aromatic carbocycles. The second-order valence-corrected chi connectivity index (χ2v) is 6.43. The summed E-state index contributed by atoms with van der Waals surface area (Å²) in [6, 6.07) is 1.96. The molecule has 2 rings (SSSR count). The number of aliphatic carboxylic acids is 1. The lowest BCUT2D eigenvalue weighted by atomic mass is 10.0. The van der Waals surface area contributed by atoms with Crippen LogP contribution in [0.4, 0.5) is 4.79 Å². The Balaban J connectivity index is 1.94. The monoisotopic (exact) mass is 310 g/mol. The van der Waals surface area contributed by atoms with E-state index >= 15 is 0 Å². The summed E-state index contributed by atoms with van der Waals surface area (Å²) in [6.45, 7) is 4.85. The van der Waals surface area contributed by atoms with E-state index in [1.54, 1.807) is 16.2 Å². The van der Waals surface area contributed by atoms with Crippen molar-refractivity contribution in [1.82, 2.24) is 10.2 Å². The quantitative estimate of drug-likeness (QED) is 0.878. The zero-order valence-electron chi connectivity index (χ0n) is 12.5. The van der Waals surface area contributed by atoms with Crippen molar-refractivity contribution in [2.45, 2.75) is 39.2 Å². The van der Waals surface area contributed by atoms with E-state index in [0.717, 1.165) is 12.8 Å². The van der Waals surface area contributed by atoms with E-state index in [2.05, 4.69) is 16.8 Å². The van der Waals surface area contributed by atoms with Gasteiger partial charge in [-0.15, -0.1) is 11.3 Å². The molecule has 2 heterocycles. The second kappa shape index (κ2) is 6.93. The van der Waals surface area contributed by atoms with Crippen LogP contribution >= 0.6 is 11.3 Å². The van der Waals surface area contributed by atoms with Crippen molar-refractivity contribution in [1.29, 1.82) is 0 Å². The Morgan fingerprint density at radius 2 is 2.33 bits per heavy atom. The number of carboxylic acids is 1. The van der Waals surface area contributed by atoms with Crippen molar-refractivity contribution in [2.24, 2.45) is 5.92 Å². The van der Waals surface area contributed by atoms with Crippen molar-refractivity contribution in [3.05, 3.63) is 21.9 Å². The predicted molar refractivity (Wildman–Crippen MR) is 82.6 cm³/mol. The molecule has 5 nitrogen and oxygen atoms in total. The zero-order chi connectivity index (χ0) is 15.4. The minimum Gasteiger partial charge on any atom is -0.481 e. The molecule has 0 saturated heterocycles. The van der Waals surface area contributed by atoms with Gasteiger partial charge in [0.25, 0.3) is 0 Å². The lowest BCUT2D eigenvalue weighted by Gasteiger charge is -2.33. The smallest absolute Gasteiger partial charge is 0.317 e. The molecule has 0 aliphatic carbocycles. The van der Waals surface area contributed by atoms with Gasteiger partial charge in [0.15, 0.2) is 0 Å². The molecule has 1 aliphatic rings.